The zero-order valence-corrected chi connectivity index (χ0v) is 18.4. The highest BCUT2D eigenvalue weighted by Gasteiger charge is 2.09. The van der Waals surface area contributed by atoms with E-state index in [9.17, 15) is 4.79 Å². The van der Waals surface area contributed by atoms with E-state index in [0.29, 0.717) is 17.2 Å². The number of nitrogens with zero attached hydrogens (tertiary/aromatic N) is 2. The summed E-state index contributed by atoms with van der Waals surface area (Å²) in [5.41, 5.74) is 4.02. The van der Waals surface area contributed by atoms with Gasteiger partial charge in [0.25, 0.3) is 0 Å². The van der Waals surface area contributed by atoms with E-state index in [4.69, 9.17) is 9.47 Å². The predicted molar refractivity (Wildman–Crippen MR) is 128 cm³/mol. The van der Waals surface area contributed by atoms with Crippen molar-refractivity contribution in [2.45, 2.75) is 0 Å². The van der Waals surface area contributed by atoms with Gasteiger partial charge in [0.2, 0.25) is 5.91 Å². The number of rotatable bonds is 7. The van der Waals surface area contributed by atoms with Crippen LogP contribution >= 0.6 is 11.3 Å². The molecule has 7 heteroatoms. The maximum atomic E-state index is 12.5. The van der Waals surface area contributed by atoms with Crippen LogP contribution in [0.2, 0.25) is 0 Å². The van der Waals surface area contributed by atoms with E-state index in [2.05, 4.69) is 15.3 Å². The Morgan fingerprint density at radius 1 is 1.00 bits per heavy atom. The molecule has 4 aromatic rings. The second kappa shape index (κ2) is 9.89. The van der Waals surface area contributed by atoms with Crippen molar-refractivity contribution in [2.24, 2.45) is 0 Å². The summed E-state index contributed by atoms with van der Waals surface area (Å²) in [6.07, 6.45) is 4.91. The molecule has 32 heavy (non-hydrogen) atoms. The molecule has 0 fully saturated rings. The van der Waals surface area contributed by atoms with Crippen molar-refractivity contribution in [3.8, 4) is 33.5 Å². The highest BCUT2D eigenvalue weighted by molar-refractivity contribution is 7.13. The van der Waals surface area contributed by atoms with Gasteiger partial charge in [0.15, 0.2) is 0 Å². The average molecular weight is 444 g/mol. The number of benzene rings is 2. The second-order valence-corrected chi connectivity index (χ2v) is 7.62. The normalized spacial score (nSPS) is 10.8. The number of hydrogen-bond acceptors (Lipinski definition) is 6. The van der Waals surface area contributed by atoms with E-state index in [1.165, 1.54) is 17.4 Å². The number of anilines is 1. The van der Waals surface area contributed by atoms with Crippen molar-refractivity contribution in [3.63, 3.8) is 0 Å². The molecule has 4 rings (SSSR count). The number of methoxy groups -OCH3 is 2. The summed E-state index contributed by atoms with van der Waals surface area (Å²) < 4.78 is 10.6. The predicted octanol–water partition coefficient (Wildman–Crippen LogP) is 5.54. The van der Waals surface area contributed by atoms with Crippen LogP contribution in [0.1, 0.15) is 5.56 Å². The molecule has 2 heterocycles. The van der Waals surface area contributed by atoms with Gasteiger partial charge in [-0.25, -0.2) is 4.98 Å². The quantitative estimate of drug-likeness (QED) is 0.380. The van der Waals surface area contributed by atoms with Gasteiger partial charge in [-0.1, -0.05) is 18.2 Å². The van der Waals surface area contributed by atoms with Crippen LogP contribution < -0.4 is 14.8 Å². The van der Waals surface area contributed by atoms with Crippen molar-refractivity contribution in [1.82, 2.24) is 9.97 Å². The SMILES string of the molecule is COc1ccc(OC)c(/C=C/C(=O)Nc2cccc(-c3csc(-c4ccccn4)n3)c2)c1. The van der Waals surface area contributed by atoms with Crippen LogP contribution in [-0.4, -0.2) is 30.1 Å². The monoisotopic (exact) mass is 443 g/mol. The highest BCUT2D eigenvalue weighted by atomic mass is 32.1. The molecule has 0 saturated heterocycles. The molecule has 0 spiro atoms. The summed E-state index contributed by atoms with van der Waals surface area (Å²) in [6, 6.07) is 18.8. The van der Waals surface area contributed by atoms with Gasteiger partial charge >= 0.3 is 0 Å². The number of nitrogens with one attached hydrogen (secondary N) is 1. The van der Waals surface area contributed by atoms with E-state index >= 15 is 0 Å². The van der Waals surface area contributed by atoms with Crippen LogP contribution in [0.5, 0.6) is 11.5 Å². The number of carbonyl (C=O) groups excluding carboxylic acids is 1. The fraction of sp³-hybridized carbons (Fsp3) is 0.0800. The van der Waals surface area contributed by atoms with E-state index in [0.717, 1.165) is 27.5 Å². The van der Waals surface area contributed by atoms with Crippen LogP contribution in [0.25, 0.3) is 28.0 Å². The fourth-order valence-electron chi connectivity index (χ4n) is 3.09. The van der Waals surface area contributed by atoms with Gasteiger partial charge in [-0.3, -0.25) is 9.78 Å². The number of amides is 1. The van der Waals surface area contributed by atoms with Gasteiger partial charge in [-0.2, -0.15) is 0 Å². The lowest BCUT2D eigenvalue weighted by Crippen LogP contribution is -2.07. The zero-order chi connectivity index (χ0) is 22.3. The van der Waals surface area contributed by atoms with Gasteiger partial charge in [0.1, 0.15) is 16.5 Å². The number of hydrogen-bond donors (Lipinski definition) is 1. The largest absolute Gasteiger partial charge is 0.497 e. The van der Waals surface area contributed by atoms with Crippen molar-refractivity contribution in [3.05, 3.63) is 83.9 Å². The van der Waals surface area contributed by atoms with Crippen molar-refractivity contribution < 1.29 is 14.3 Å². The summed E-state index contributed by atoms with van der Waals surface area (Å²) in [5, 5.41) is 5.73. The Labute approximate surface area is 190 Å². The zero-order valence-electron chi connectivity index (χ0n) is 17.6. The van der Waals surface area contributed by atoms with Crippen molar-refractivity contribution >= 4 is 29.0 Å². The van der Waals surface area contributed by atoms with E-state index in [1.807, 2.05) is 53.9 Å². The van der Waals surface area contributed by atoms with Crippen LogP contribution in [0, 0.1) is 0 Å². The lowest BCUT2D eigenvalue weighted by atomic mass is 10.1. The van der Waals surface area contributed by atoms with Crippen molar-refractivity contribution in [1.29, 1.82) is 0 Å². The smallest absolute Gasteiger partial charge is 0.248 e. The Bertz CT molecular complexity index is 1250. The molecule has 2 aromatic carbocycles. The van der Waals surface area contributed by atoms with E-state index in [-0.39, 0.29) is 5.91 Å². The standard InChI is InChI=1S/C25H21N3O3S/c1-30-20-10-11-23(31-2)18(15-20)9-12-24(29)27-19-7-5-6-17(14-19)22-16-32-25(28-22)21-8-3-4-13-26-21/h3-16H,1-2H3,(H,27,29)/b12-9+. The maximum Gasteiger partial charge on any atom is 0.248 e. The molecule has 1 N–H and O–H groups in total. The third kappa shape index (κ3) is 5.01. The summed E-state index contributed by atoms with van der Waals surface area (Å²) in [6.45, 7) is 0. The van der Waals surface area contributed by atoms with Crippen molar-refractivity contribution in [2.75, 3.05) is 19.5 Å². The lowest BCUT2D eigenvalue weighted by molar-refractivity contribution is -0.111. The number of carbonyl (C=O) groups is 1. The van der Waals surface area contributed by atoms with Crippen LogP contribution in [-0.2, 0) is 4.79 Å². The lowest BCUT2D eigenvalue weighted by Gasteiger charge is -2.07. The first-order valence-corrected chi connectivity index (χ1v) is 10.7. The summed E-state index contributed by atoms with van der Waals surface area (Å²) in [7, 11) is 3.18. The first-order valence-electron chi connectivity index (χ1n) is 9.85. The van der Waals surface area contributed by atoms with Gasteiger partial charge in [0.05, 0.1) is 25.6 Å². The molecule has 0 saturated carbocycles. The fourth-order valence-corrected chi connectivity index (χ4v) is 3.89. The molecule has 0 aliphatic heterocycles. The third-order valence-electron chi connectivity index (χ3n) is 4.67. The molecule has 0 aliphatic carbocycles. The Morgan fingerprint density at radius 2 is 1.91 bits per heavy atom. The number of thiazole rings is 1. The van der Waals surface area contributed by atoms with Gasteiger partial charge < -0.3 is 14.8 Å². The van der Waals surface area contributed by atoms with Crippen LogP contribution in [0.3, 0.4) is 0 Å². The third-order valence-corrected chi connectivity index (χ3v) is 5.53. The molecule has 160 valence electrons. The van der Waals surface area contributed by atoms with Gasteiger partial charge in [-0.05, 0) is 48.5 Å². The topological polar surface area (TPSA) is 73.3 Å². The first kappa shape index (κ1) is 21.3. The summed E-state index contributed by atoms with van der Waals surface area (Å²) >= 11 is 1.54. The number of aromatic nitrogens is 2. The van der Waals surface area contributed by atoms with Crippen LogP contribution in [0.15, 0.2) is 78.3 Å². The minimum atomic E-state index is -0.250. The summed E-state index contributed by atoms with van der Waals surface area (Å²) in [4.78, 5) is 21.5. The molecule has 0 aliphatic rings. The number of pyridine rings is 1. The second-order valence-electron chi connectivity index (χ2n) is 6.76. The van der Waals surface area contributed by atoms with Crippen LogP contribution in [0.4, 0.5) is 5.69 Å². The molecular weight excluding hydrogens is 422 g/mol. The molecule has 0 atom stereocenters. The molecule has 0 unspecified atom stereocenters. The Morgan fingerprint density at radius 3 is 2.69 bits per heavy atom. The first-order chi connectivity index (χ1) is 15.7. The molecule has 1 amide bonds. The Hall–Kier alpha value is -3.97. The van der Waals surface area contributed by atoms with Gasteiger partial charge in [-0.15, -0.1) is 11.3 Å². The Kier molecular flexibility index (Phi) is 6.57. The molecular formula is C25H21N3O3S. The average Bonchev–Trinajstić information content (AvgIpc) is 3.34. The minimum Gasteiger partial charge on any atom is -0.497 e. The van der Waals surface area contributed by atoms with E-state index < -0.39 is 0 Å². The summed E-state index contributed by atoms with van der Waals surface area (Å²) in [5.74, 6) is 1.09. The molecule has 2 aromatic heterocycles. The van der Waals surface area contributed by atoms with E-state index in [1.54, 1.807) is 38.6 Å². The molecule has 0 radical (unpaired) electrons. The molecule has 0 bridgehead atoms. The number of ether oxygens (including phenoxy) is 2. The Balaban J connectivity index is 1.48. The maximum absolute atomic E-state index is 12.5. The van der Waals surface area contributed by atoms with Gasteiger partial charge in [0, 0.05) is 34.5 Å². The molecule has 6 nitrogen and oxygen atoms in total. The highest BCUT2D eigenvalue weighted by Crippen LogP contribution is 2.29. The minimum absolute atomic E-state index is 0.250.